The molecule has 1 amide bonds. The first-order chi connectivity index (χ1) is 14.4. The van der Waals surface area contributed by atoms with Gasteiger partial charge in [0, 0.05) is 17.0 Å². The predicted octanol–water partition coefficient (Wildman–Crippen LogP) is 5.17. The van der Waals surface area contributed by atoms with E-state index in [0.29, 0.717) is 28.1 Å². The van der Waals surface area contributed by atoms with Crippen LogP contribution in [0.2, 0.25) is 5.02 Å². The van der Waals surface area contributed by atoms with Crippen LogP contribution in [-0.2, 0) is 4.79 Å². The van der Waals surface area contributed by atoms with Gasteiger partial charge in [-0.15, -0.1) is 0 Å². The molecule has 7 heteroatoms. The number of unbranched alkanes of at least 4 members (excludes halogenated alkanes) is 1. The number of carbonyl (C=O) groups excluding carboxylic acids is 2. The molecule has 2 aromatic carbocycles. The summed E-state index contributed by atoms with van der Waals surface area (Å²) in [5, 5.41) is 21.4. The van der Waals surface area contributed by atoms with E-state index < -0.39 is 23.5 Å². The van der Waals surface area contributed by atoms with Gasteiger partial charge in [0.05, 0.1) is 11.6 Å². The highest BCUT2D eigenvalue weighted by Crippen LogP contribution is 2.40. The minimum atomic E-state index is -0.769. The van der Waals surface area contributed by atoms with Crippen molar-refractivity contribution in [1.82, 2.24) is 4.90 Å². The van der Waals surface area contributed by atoms with E-state index in [4.69, 9.17) is 16.0 Å². The number of aliphatic hydroxyl groups is 1. The van der Waals surface area contributed by atoms with Gasteiger partial charge in [-0.1, -0.05) is 37.1 Å². The number of Topliss-reactive ketones (excluding diaryl/α,β-unsaturated/α-hetero) is 1. The van der Waals surface area contributed by atoms with Crippen LogP contribution in [0.5, 0.6) is 5.75 Å². The SMILES string of the molecule is CCCCN1C(=O)C(O)=C(C(=O)c2cc3cc(Cl)ccc3o2)C1c1ccc(O)cc1. The van der Waals surface area contributed by atoms with Crippen molar-refractivity contribution in [3.05, 3.63) is 76.2 Å². The van der Waals surface area contributed by atoms with Gasteiger partial charge in [0.15, 0.2) is 11.5 Å². The highest BCUT2D eigenvalue weighted by Gasteiger charge is 2.44. The maximum atomic E-state index is 13.4. The summed E-state index contributed by atoms with van der Waals surface area (Å²) in [6.45, 7) is 2.38. The third kappa shape index (κ3) is 3.44. The van der Waals surface area contributed by atoms with Crippen molar-refractivity contribution in [2.24, 2.45) is 0 Å². The number of furan rings is 1. The Kier molecular flexibility index (Phi) is 5.26. The molecule has 2 N–H and O–H groups in total. The number of fused-ring (bicyclic) bond motifs is 1. The number of benzene rings is 2. The van der Waals surface area contributed by atoms with Crippen LogP contribution in [0.1, 0.15) is 41.9 Å². The van der Waals surface area contributed by atoms with E-state index >= 15 is 0 Å². The zero-order chi connectivity index (χ0) is 21.4. The molecule has 1 aliphatic heterocycles. The number of hydrogen-bond donors (Lipinski definition) is 2. The molecule has 0 radical (unpaired) electrons. The van der Waals surface area contributed by atoms with E-state index in [1.54, 1.807) is 36.4 Å². The van der Waals surface area contributed by atoms with E-state index in [1.165, 1.54) is 17.0 Å². The normalized spacial score (nSPS) is 16.7. The fourth-order valence-corrected chi connectivity index (χ4v) is 3.89. The van der Waals surface area contributed by atoms with Gasteiger partial charge in [-0.05, 0) is 48.4 Å². The van der Waals surface area contributed by atoms with Gasteiger partial charge in [0.25, 0.3) is 5.91 Å². The maximum absolute atomic E-state index is 13.4. The lowest BCUT2D eigenvalue weighted by Gasteiger charge is -2.26. The van der Waals surface area contributed by atoms with Crippen molar-refractivity contribution >= 4 is 34.3 Å². The quantitative estimate of drug-likeness (QED) is 0.531. The van der Waals surface area contributed by atoms with E-state index in [2.05, 4.69) is 0 Å². The summed E-state index contributed by atoms with van der Waals surface area (Å²) in [7, 11) is 0. The lowest BCUT2D eigenvalue weighted by Crippen LogP contribution is -2.32. The van der Waals surface area contributed by atoms with Crippen LogP contribution >= 0.6 is 11.6 Å². The number of phenolic OH excluding ortho intramolecular Hbond substituents is 1. The summed E-state index contributed by atoms with van der Waals surface area (Å²) in [6, 6.07) is 12.0. The van der Waals surface area contributed by atoms with Crippen molar-refractivity contribution < 1.29 is 24.2 Å². The summed E-state index contributed by atoms with van der Waals surface area (Å²) in [4.78, 5) is 27.6. The highest BCUT2D eigenvalue weighted by molar-refractivity contribution is 6.31. The number of ketones is 1. The molecule has 0 spiro atoms. The van der Waals surface area contributed by atoms with Gasteiger partial charge in [-0.2, -0.15) is 0 Å². The van der Waals surface area contributed by atoms with Gasteiger partial charge in [0.1, 0.15) is 11.3 Å². The molecule has 1 unspecified atom stereocenters. The predicted molar refractivity (Wildman–Crippen MR) is 113 cm³/mol. The molecule has 154 valence electrons. The number of aromatic hydroxyl groups is 1. The van der Waals surface area contributed by atoms with Crippen molar-refractivity contribution in [3.8, 4) is 5.75 Å². The summed E-state index contributed by atoms with van der Waals surface area (Å²) in [6.07, 6.45) is 1.57. The van der Waals surface area contributed by atoms with Crippen LogP contribution in [-0.4, -0.2) is 33.3 Å². The Morgan fingerprint density at radius 2 is 1.87 bits per heavy atom. The zero-order valence-electron chi connectivity index (χ0n) is 16.3. The van der Waals surface area contributed by atoms with Crippen molar-refractivity contribution in [2.75, 3.05) is 6.54 Å². The van der Waals surface area contributed by atoms with Gasteiger partial charge in [-0.25, -0.2) is 0 Å². The van der Waals surface area contributed by atoms with E-state index in [0.717, 1.165) is 12.8 Å². The number of amides is 1. The number of aliphatic hydroxyl groups excluding tert-OH is 1. The molecule has 4 rings (SSSR count). The molecule has 0 saturated heterocycles. The number of carbonyl (C=O) groups is 2. The summed E-state index contributed by atoms with van der Waals surface area (Å²) >= 11 is 6.01. The zero-order valence-corrected chi connectivity index (χ0v) is 17.0. The highest BCUT2D eigenvalue weighted by atomic mass is 35.5. The maximum Gasteiger partial charge on any atom is 0.290 e. The van der Waals surface area contributed by atoms with E-state index in [1.807, 2.05) is 6.92 Å². The Hall–Kier alpha value is -3.25. The number of nitrogens with zero attached hydrogens (tertiary/aromatic N) is 1. The number of phenols is 1. The summed E-state index contributed by atoms with van der Waals surface area (Å²) in [5.74, 6) is -1.65. The van der Waals surface area contributed by atoms with Crippen LogP contribution in [0.3, 0.4) is 0 Å². The molecular weight excluding hydrogens is 406 g/mol. The Labute approximate surface area is 178 Å². The first-order valence-corrected chi connectivity index (χ1v) is 10.0. The second-order valence-electron chi connectivity index (χ2n) is 7.23. The second-order valence-corrected chi connectivity index (χ2v) is 7.67. The standard InChI is InChI=1S/C23H20ClNO5/c1-2-3-10-25-20(13-4-7-16(26)8-5-13)19(22(28)23(25)29)21(27)18-12-14-11-15(24)6-9-17(14)30-18/h4-9,11-12,20,26,28H,2-3,10H2,1H3. The third-order valence-electron chi connectivity index (χ3n) is 5.21. The minimum absolute atomic E-state index is 0.0164. The molecule has 6 nitrogen and oxygen atoms in total. The van der Waals surface area contributed by atoms with Crippen molar-refractivity contribution in [2.45, 2.75) is 25.8 Å². The molecule has 1 aliphatic rings. The van der Waals surface area contributed by atoms with Crippen LogP contribution in [0, 0.1) is 0 Å². The lowest BCUT2D eigenvalue weighted by molar-refractivity contribution is -0.129. The summed E-state index contributed by atoms with van der Waals surface area (Å²) in [5.41, 5.74) is 1.06. The topological polar surface area (TPSA) is 91.0 Å². The number of hydrogen-bond acceptors (Lipinski definition) is 5. The van der Waals surface area contributed by atoms with Gasteiger partial charge in [0.2, 0.25) is 5.78 Å². The van der Waals surface area contributed by atoms with Gasteiger partial charge < -0.3 is 19.5 Å². The molecular formula is C23H20ClNO5. The monoisotopic (exact) mass is 425 g/mol. The summed E-state index contributed by atoms with van der Waals surface area (Å²) < 4.78 is 5.68. The Morgan fingerprint density at radius 3 is 2.57 bits per heavy atom. The largest absolute Gasteiger partial charge is 0.508 e. The number of rotatable bonds is 6. The van der Waals surface area contributed by atoms with Gasteiger partial charge in [-0.3, -0.25) is 9.59 Å². The molecule has 0 bridgehead atoms. The molecule has 0 saturated carbocycles. The first-order valence-electron chi connectivity index (χ1n) is 9.67. The van der Waals surface area contributed by atoms with Crippen LogP contribution in [0.4, 0.5) is 0 Å². The number of halogens is 1. The fourth-order valence-electron chi connectivity index (χ4n) is 3.71. The molecule has 30 heavy (non-hydrogen) atoms. The first kappa shape index (κ1) is 20.0. The molecule has 0 aliphatic carbocycles. The molecule has 2 heterocycles. The van der Waals surface area contributed by atoms with Crippen LogP contribution in [0.25, 0.3) is 11.0 Å². The Bertz CT molecular complexity index is 1160. The minimum Gasteiger partial charge on any atom is -0.508 e. The average Bonchev–Trinajstić information content (AvgIpc) is 3.26. The Balaban J connectivity index is 1.79. The molecule has 3 aromatic rings. The smallest absolute Gasteiger partial charge is 0.290 e. The van der Waals surface area contributed by atoms with Crippen LogP contribution < -0.4 is 0 Å². The van der Waals surface area contributed by atoms with Crippen molar-refractivity contribution in [3.63, 3.8) is 0 Å². The molecule has 1 aromatic heterocycles. The molecule has 0 fully saturated rings. The Morgan fingerprint density at radius 1 is 1.13 bits per heavy atom. The average molecular weight is 426 g/mol. The van der Waals surface area contributed by atoms with Crippen molar-refractivity contribution in [1.29, 1.82) is 0 Å². The fraction of sp³-hybridized carbons (Fsp3) is 0.217. The lowest BCUT2D eigenvalue weighted by atomic mass is 9.95. The molecule has 1 atom stereocenters. The van der Waals surface area contributed by atoms with E-state index in [9.17, 15) is 19.8 Å². The second kappa shape index (κ2) is 7.88. The van der Waals surface area contributed by atoms with Crippen LogP contribution in [0.15, 0.2) is 64.3 Å². The third-order valence-corrected chi connectivity index (χ3v) is 5.45. The van der Waals surface area contributed by atoms with E-state index in [-0.39, 0.29) is 17.1 Å². The van der Waals surface area contributed by atoms with Gasteiger partial charge >= 0.3 is 0 Å².